The third-order valence-electron chi connectivity index (χ3n) is 5.19. The number of unbranched alkanes of at least 4 members (excludes halogenated alkanes) is 5. The summed E-state index contributed by atoms with van der Waals surface area (Å²) in [4.78, 5) is 24.0. The van der Waals surface area contributed by atoms with E-state index >= 15 is 0 Å². The molecule has 6 heteroatoms. The van der Waals surface area contributed by atoms with Crippen LogP contribution in [0.25, 0.3) is 0 Å². The lowest BCUT2D eigenvalue weighted by atomic mass is 10.1. The first kappa shape index (κ1) is 23.1. The van der Waals surface area contributed by atoms with Gasteiger partial charge in [0.25, 0.3) is 5.56 Å². The number of pyridine rings is 1. The summed E-state index contributed by atoms with van der Waals surface area (Å²) in [5.41, 5.74) is 2.74. The van der Waals surface area contributed by atoms with Gasteiger partial charge in [-0.2, -0.15) is 0 Å². The van der Waals surface area contributed by atoms with E-state index in [0.29, 0.717) is 17.1 Å². The molecule has 164 valence electrons. The summed E-state index contributed by atoms with van der Waals surface area (Å²) in [6.45, 7) is 0. The Morgan fingerprint density at radius 1 is 0.968 bits per heavy atom. The van der Waals surface area contributed by atoms with Crippen molar-refractivity contribution in [2.75, 3.05) is 12.9 Å². The van der Waals surface area contributed by atoms with Crippen molar-refractivity contribution >= 4 is 11.8 Å². The van der Waals surface area contributed by atoms with Crippen molar-refractivity contribution < 1.29 is 4.74 Å². The fraction of sp³-hybridized carbons (Fsp3) is 0.400. The zero-order chi connectivity index (χ0) is 21.7. The molecule has 2 aromatic heterocycles. The molecular formula is C25H31N3O2S. The number of nitrogens with one attached hydrogen (secondary N) is 1. The van der Waals surface area contributed by atoms with E-state index in [1.165, 1.54) is 44.1 Å². The van der Waals surface area contributed by atoms with E-state index in [1.54, 1.807) is 37.3 Å². The van der Waals surface area contributed by atoms with E-state index in [1.807, 2.05) is 6.07 Å². The lowest BCUT2D eigenvalue weighted by molar-refractivity contribution is 0.413. The molecule has 0 aliphatic carbocycles. The smallest absolute Gasteiger partial charge is 0.255 e. The van der Waals surface area contributed by atoms with Gasteiger partial charge in [-0.1, -0.05) is 67.8 Å². The molecule has 5 nitrogen and oxygen atoms in total. The highest BCUT2D eigenvalue weighted by atomic mass is 32.2. The summed E-state index contributed by atoms with van der Waals surface area (Å²) in [7, 11) is 1.62. The van der Waals surface area contributed by atoms with Crippen LogP contribution in [0.5, 0.6) is 5.75 Å². The number of hydrogen-bond donors (Lipinski definition) is 1. The molecule has 0 saturated heterocycles. The molecule has 0 saturated carbocycles. The van der Waals surface area contributed by atoms with Gasteiger partial charge in [0.05, 0.1) is 7.11 Å². The molecule has 0 radical (unpaired) electrons. The number of methoxy groups -OCH3 is 1. The van der Waals surface area contributed by atoms with Gasteiger partial charge in [0, 0.05) is 41.9 Å². The second kappa shape index (κ2) is 13.0. The van der Waals surface area contributed by atoms with Crippen molar-refractivity contribution in [3.63, 3.8) is 0 Å². The van der Waals surface area contributed by atoms with Crippen LogP contribution in [0.2, 0.25) is 0 Å². The van der Waals surface area contributed by atoms with Gasteiger partial charge in [0.15, 0.2) is 5.16 Å². The van der Waals surface area contributed by atoms with E-state index in [0.717, 1.165) is 23.6 Å². The molecular weight excluding hydrogens is 406 g/mol. The SMILES string of the molecule is COc1ccnc(Cc2cnc(SCCCCCCCCc3ccccc3)[nH]c2=O)c1. The number of aromatic nitrogens is 3. The molecule has 0 fully saturated rings. The Morgan fingerprint density at radius 2 is 1.74 bits per heavy atom. The van der Waals surface area contributed by atoms with Gasteiger partial charge in [-0.3, -0.25) is 9.78 Å². The number of aryl methyl sites for hydroxylation is 1. The van der Waals surface area contributed by atoms with Gasteiger partial charge in [0.1, 0.15) is 5.75 Å². The maximum Gasteiger partial charge on any atom is 0.255 e. The van der Waals surface area contributed by atoms with E-state index in [-0.39, 0.29) is 5.56 Å². The van der Waals surface area contributed by atoms with Crippen molar-refractivity contribution in [1.82, 2.24) is 15.0 Å². The highest BCUT2D eigenvalue weighted by Gasteiger charge is 2.06. The largest absolute Gasteiger partial charge is 0.497 e. The van der Waals surface area contributed by atoms with Crippen LogP contribution in [-0.4, -0.2) is 27.8 Å². The fourth-order valence-electron chi connectivity index (χ4n) is 3.43. The van der Waals surface area contributed by atoms with Gasteiger partial charge in [0.2, 0.25) is 0 Å². The lowest BCUT2D eigenvalue weighted by Gasteiger charge is -2.05. The van der Waals surface area contributed by atoms with E-state index < -0.39 is 0 Å². The normalized spacial score (nSPS) is 10.9. The van der Waals surface area contributed by atoms with Crippen LogP contribution < -0.4 is 10.3 Å². The Morgan fingerprint density at radius 3 is 2.52 bits per heavy atom. The molecule has 0 unspecified atom stereocenters. The van der Waals surface area contributed by atoms with Crippen LogP contribution >= 0.6 is 11.8 Å². The molecule has 2 heterocycles. The summed E-state index contributed by atoms with van der Waals surface area (Å²) >= 11 is 1.62. The molecule has 0 atom stereocenters. The van der Waals surface area contributed by atoms with Crippen LogP contribution in [0.15, 0.2) is 64.8 Å². The first-order valence-electron chi connectivity index (χ1n) is 11.0. The Bertz CT molecular complexity index is 976. The van der Waals surface area contributed by atoms with Gasteiger partial charge >= 0.3 is 0 Å². The van der Waals surface area contributed by atoms with Crippen molar-refractivity contribution in [1.29, 1.82) is 0 Å². The number of ether oxygens (including phenoxy) is 1. The average Bonchev–Trinajstić information content (AvgIpc) is 2.80. The summed E-state index contributed by atoms with van der Waals surface area (Å²) in [5, 5.41) is 0.690. The van der Waals surface area contributed by atoms with Gasteiger partial charge in [-0.05, 0) is 30.9 Å². The van der Waals surface area contributed by atoms with Crippen LogP contribution in [0.4, 0.5) is 0 Å². The average molecular weight is 438 g/mol. The van der Waals surface area contributed by atoms with Gasteiger partial charge in [-0.25, -0.2) is 4.98 Å². The quantitative estimate of drug-likeness (QED) is 0.219. The minimum absolute atomic E-state index is 0.0967. The van der Waals surface area contributed by atoms with Crippen LogP contribution in [0, 0.1) is 0 Å². The first-order chi connectivity index (χ1) is 15.2. The van der Waals surface area contributed by atoms with Crippen molar-refractivity contribution in [3.05, 3.63) is 82.0 Å². The van der Waals surface area contributed by atoms with E-state index in [9.17, 15) is 4.79 Å². The molecule has 0 amide bonds. The number of thioether (sulfide) groups is 1. The maximum atomic E-state index is 12.4. The number of nitrogens with zero attached hydrogens (tertiary/aromatic N) is 2. The molecule has 0 bridgehead atoms. The number of aromatic amines is 1. The Kier molecular flexibility index (Phi) is 9.64. The minimum Gasteiger partial charge on any atom is -0.497 e. The molecule has 1 N–H and O–H groups in total. The third kappa shape index (κ3) is 8.21. The van der Waals surface area contributed by atoms with E-state index in [4.69, 9.17) is 4.74 Å². The first-order valence-corrected chi connectivity index (χ1v) is 12.0. The Hall–Kier alpha value is -2.60. The number of benzene rings is 1. The van der Waals surface area contributed by atoms with Crippen molar-refractivity contribution in [2.24, 2.45) is 0 Å². The van der Waals surface area contributed by atoms with Crippen LogP contribution in [0.1, 0.15) is 55.3 Å². The maximum absolute atomic E-state index is 12.4. The monoisotopic (exact) mass is 437 g/mol. The summed E-state index contributed by atoms with van der Waals surface area (Å²) < 4.78 is 5.21. The van der Waals surface area contributed by atoms with Crippen molar-refractivity contribution in [3.8, 4) is 5.75 Å². The summed E-state index contributed by atoms with van der Waals surface area (Å²) in [5.74, 6) is 1.71. The second-order valence-corrected chi connectivity index (χ2v) is 8.70. The zero-order valence-corrected chi connectivity index (χ0v) is 19.0. The molecule has 0 aliphatic rings. The highest BCUT2D eigenvalue weighted by Crippen LogP contribution is 2.16. The molecule has 0 aliphatic heterocycles. The zero-order valence-electron chi connectivity index (χ0n) is 18.2. The van der Waals surface area contributed by atoms with Crippen molar-refractivity contribution in [2.45, 2.75) is 56.5 Å². The van der Waals surface area contributed by atoms with Crippen LogP contribution in [-0.2, 0) is 12.8 Å². The van der Waals surface area contributed by atoms with Crippen LogP contribution in [0.3, 0.4) is 0 Å². The minimum atomic E-state index is -0.0967. The lowest BCUT2D eigenvalue weighted by Crippen LogP contribution is -2.15. The number of H-pyrrole nitrogens is 1. The van der Waals surface area contributed by atoms with Gasteiger partial charge < -0.3 is 9.72 Å². The topological polar surface area (TPSA) is 67.9 Å². The summed E-state index contributed by atoms with van der Waals surface area (Å²) in [6, 6.07) is 14.3. The highest BCUT2D eigenvalue weighted by molar-refractivity contribution is 7.99. The van der Waals surface area contributed by atoms with Gasteiger partial charge in [-0.15, -0.1) is 0 Å². The summed E-state index contributed by atoms with van der Waals surface area (Å²) in [6.07, 6.45) is 12.4. The standard InChI is InChI=1S/C25H31N3O2S/c1-30-23-14-15-26-22(18-23)17-21-19-27-25(28-24(21)29)31-16-10-5-3-2-4-7-11-20-12-8-6-9-13-20/h6,8-9,12-15,18-19H,2-5,7,10-11,16-17H2,1H3,(H,27,28,29). The third-order valence-corrected chi connectivity index (χ3v) is 6.16. The predicted octanol–water partition coefficient (Wildman–Crippen LogP) is 5.44. The Labute approximate surface area is 188 Å². The van der Waals surface area contributed by atoms with E-state index in [2.05, 4.69) is 45.3 Å². The fourth-order valence-corrected chi connectivity index (χ4v) is 4.26. The number of rotatable bonds is 13. The molecule has 1 aromatic carbocycles. The number of hydrogen-bond acceptors (Lipinski definition) is 5. The molecule has 3 aromatic rings. The molecule has 3 rings (SSSR count). The second-order valence-electron chi connectivity index (χ2n) is 7.61. The predicted molar refractivity (Wildman–Crippen MR) is 127 cm³/mol. The molecule has 31 heavy (non-hydrogen) atoms. The molecule has 0 spiro atoms. The Balaban J connectivity index is 1.30.